The molecule has 1 heterocycles. The molecule has 0 saturated heterocycles. The number of aromatic nitrogens is 2. The van der Waals surface area contributed by atoms with E-state index in [1.165, 1.54) is 0 Å². The van der Waals surface area contributed by atoms with Crippen LogP contribution in [-0.4, -0.2) is 15.8 Å². The first kappa shape index (κ1) is 18.9. The van der Waals surface area contributed by atoms with Crippen LogP contribution in [0.4, 0.5) is 5.69 Å². The van der Waals surface area contributed by atoms with Crippen LogP contribution in [-0.2, 0) is 0 Å². The Bertz CT molecular complexity index is 1250. The highest BCUT2D eigenvalue weighted by Crippen LogP contribution is 2.24. The molecule has 0 aliphatic carbocycles. The lowest BCUT2D eigenvalue weighted by Crippen LogP contribution is -2.23. The molecule has 142 valence electrons. The topological polar surface area (TPSA) is 87.5 Å². The zero-order valence-electron chi connectivity index (χ0n) is 15.1. The van der Waals surface area contributed by atoms with Crippen LogP contribution in [0.1, 0.15) is 22.1 Å². The van der Waals surface area contributed by atoms with Crippen molar-refractivity contribution in [3.63, 3.8) is 0 Å². The number of para-hydroxylation sites is 2. The van der Waals surface area contributed by atoms with Gasteiger partial charge in [0.25, 0.3) is 5.56 Å². The summed E-state index contributed by atoms with van der Waals surface area (Å²) >= 11 is 3.36. The minimum Gasteiger partial charge on any atom is -0.319 e. The summed E-state index contributed by atoms with van der Waals surface area (Å²) in [6, 6.07) is 21.9. The van der Waals surface area contributed by atoms with E-state index < -0.39 is 11.6 Å². The SMILES string of the molecule is O=C(c1ccc(Br)cc1)C(N=Nc1ccccc1)c1nc2ccccc2[nH]c1=O. The van der Waals surface area contributed by atoms with Gasteiger partial charge in [0.1, 0.15) is 5.69 Å². The number of Topliss-reactive ketones (excluding diaryl/α,β-unsaturated/α-hetero) is 1. The van der Waals surface area contributed by atoms with Gasteiger partial charge in [-0.2, -0.15) is 10.2 Å². The fraction of sp³-hybridized carbons (Fsp3) is 0.0455. The molecular weight excluding hydrogens is 432 g/mol. The Hall–Kier alpha value is -3.45. The predicted octanol–water partition coefficient (Wildman–Crippen LogP) is 5.39. The van der Waals surface area contributed by atoms with Crippen molar-refractivity contribution in [1.82, 2.24) is 9.97 Å². The number of fused-ring (bicyclic) bond motifs is 1. The zero-order chi connectivity index (χ0) is 20.2. The third-order valence-corrected chi connectivity index (χ3v) is 4.84. The number of halogens is 1. The van der Waals surface area contributed by atoms with Gasteiger partial charge in [-0.15, -0.1) is 0 Å². The molecule has 1 atom stereocenters. The maximum atomic E-state index is 13.2. The highest BCUT2D eigenvalue weighted by molar-refractivity contribution is 9.10. The van der Waals surface area contributed by atoms with Crippen molar-refractivity contribution in [1.29, 1.82) is 0 Å². The monoisotopic (exact) mass is 446 g/mol. The molecule has 29 heavy (non-hydrogen) atoms. The normalized spacial score (nSPS) is 12.3. The number of nitrogens with zero attached hydrogens (tertiary/aromatic N) is 3. The number of carbonyl (C=O) groups is 1. The first-order valence-electron chi connectivity index (χ1n) is 8.86. The van der Waals surface area contributed by atoms with E-state index in [1.54, 1.807) is 54.6 Å². The van der Waals surface area contributed by atoms with E-state index in [0.29, 0.717) is 22.3 Å². The summed E-state index contributed by atoms with van der Waals surface area (Å²) in [5.41, 5.74) is 1.71. The molecule has 0 spiro atoms. The molecule has 4 rings (SSSR count). The molecule has 0 amide bonds. The molecule has 0 aliphatic rings. The van der Waals surface area contributed by atoms with E-state index in [-0.39, 0.29) is 11.5 Å². The molecule has 1 N–H and O–H groups in total. The van der Waals surface area contributed by atoms with Crippen molar-refractivity contribution in [2.45, 2.75) is 6.04 Å². The van der Waals surface area contributed by atoms with Gasteiger partial charge in [-0.25, -0.2) is 4.98 Å². The van der Waals surface area contributed by atoms with Crippen LogP contribution >= 0.6 is 15.9 Å². The van der Waals surface area contributed by atoms with Crippen LogP contribution in [0.2, 0.25) is 0 Å². The Morgan fingerprint density at radius 1 is 0.931 bits per heavy atom. The van der Waals surface area contributed by atoms with Crippen molar-refractivity contribution in [3.8, 4) is 0 Å². The summed E-state index contributed by atoms with van der Waals surface area (Å²) in [7, 11) is 0. The molecule has 4 aromatic rings. The highest BCUT2D eigenvalue weighted by atomic mass is 79.9. The second-order valence-electron chi connectivity index (χ2n) is 6.29. The van der Waals surface area contributed by atoms with Crippen molar-refractivity contribution >= 4 is 38.4 Å². The lowest BCUT2D eigenvalue weighted by Gasteiger charge is -2.10. The zero-order valence-corrected chi connectivity index (χ0v) is 16.7. The first-order chi connectivity index (χ1) is 14.1. The lowest BCUT2D eigenvalue weighted by molar-refractivity contribution is 0.0957. The van der Waals surface area contributed by atoms with Gasteiger partial charge in [0.05, 0.1) is 16.7 Å². The van der Waals surface area contributed by atoms with Crippen molar-refractivity contribution in [3.05, 3.63) is 105 Å². The van der Waals surface area contributed by atoms with Crippen LogP contribution < -0.4 is 5.56 Å². The van der Waals surface area contributed by atoms with E-state index >= 15 is 0 Å². The summed E-state index contributed by atoms with van der Waals surface area (Å²) in [6.07, 6.45) is 0. The van der Waals surface area contributed by atoms with Gasteiger partial charge in [0.15, 0.2) is 11.8 Å². The van der Waals surface area contributed by atoms with Crippen LogP contribution in [0.3, 0.4) is 0 Å². The lowest BCUT2D eigenvalue weighted by atomic mass is 10.0. The second-order valence-corrected chi connectivity index (χ2v) is 7.21. The van der Waals surface area contributed by atoms with Gasteiger partial charge in [-0.05, 0) is 36.4 Å². The number of nitrogens with one attached hydrogen (secondary N) is 1. The number of ketones is 1. The van der Waals surface area contributed by atoms with E-state index in [1.807, 2.05) is 24.3 Å². The fourth-order valence-corrected chi connectivity index (χ4v) is 3.12. The number of benzene rings is 3. The number of rotatable bonds is 5. The minimum atomic E-state index is -1.16. The van der Waals surface area contributed by atoms with E-state index in [2.05, 4.69) is 36.1 Å². The number of hydrogen-bond acceptors (Lipinski definition) is 5. The summed E-state index contributed by atoms with van der Waals surface area (Å²) in [4.78, 5) is 33.1. The van der Waals surface area contributed by atoms with Crippen LogP contribution in [0, 0.1) is 0 Å². The largest absolute Gasteiger partial charge is 0.319 e. The quantitative estimate of drug-likeness (QED) is 0.329. The number of hydrogen-bond donors (Lipinski definition) is 1. The number of azo groups is 1. The summed E-state index contributed by atoms with van der Waals surface area (Å²) in [5, 5.41) is 8.38. The van der Waals surface area contributed by atoms with Crippen LogP contribution in [0.25, 0.3) is 11.0 Å². The third kappa shape index (κ3) is 4.20. The fourth-order valence-electron chi connectivity index (χ4n) is 2.85. The Morgan fingerprint density at radius 3 is 2.38 bits per heavy atom. The van der Waals surface area contributed by atoms with Gasteiger partial charge in [-0.3, -0.25) is 9.59 Å². The van der Waals surface area contributed by atoms with E-state index in [9.17, 15) is 9.59 Å². The standard InChI is InChI=1S/C22H15BrN4O2/c23-15-12-10-14(11-13-15)21(28)19(27-26-16-6-2-1-3-7-16)20-22(29)25-18-9-5-4-8-17(18)24-20/h1-13,19H,(H,25,29). The molecule has 0 saturated carbocycles. The molecule has 0 bridgehead atoms. The van der Waals surface area contributed by atoms with Gasteiger partial charge in [-0.1, -0.05) is 58.4 Å². The molecule has 1 unspecified atom stereocenters. The number of carbonyl (C=O) groups excluding carboxylic acids is 1. The van der Waals surface area contributed by atoms with Crippen molar-refractivity contribution in [2.24, 2.45) is 10.2 Å². The summed E-state index contributed by atoms with van der Waals surface area (Å²) < 4.78 is 0.846. The first-order valence-corrected chi connectivity index (χ1v) is 9.66. The van der Waals surface area contributed by atoms with E-state index in [0.717, 1.165) is 4.47 Å². The highest BCUT2D eigenvalue weighted by Gasteiger charge is 2.27. The smallest absolute Gasteiger partial charge is 0.272 e. The van der Waals surface area contributed by atoms with Crippen LogP contribution in [0.5, 0.6) is 0 Å². The Balaban J connectivity index is 1.82. The summed E-state index contributed by atoms with van der Waals surface area (Å²) in [5.74, 6) is -0.356. The van der Waals surface area contributed by atoms with Gasteiger partial charge >= 0.3 is 0 Å². The Morgan fingerprint density at radius 2 is 1.62 bits per heavy atom. The third-order valence-electron chi connectivity index (χ3n) is 4.31. The average molecular weight is 447 g/mol. The molecule has 0 fully saturated rings. The molecule has 7 heteroatoms. The average Bonchev–Trinajstić information content (AvgIpc) is 2.75. The maximum absolute atomic E-state index is 13.2. The number of aromatic amines is 1. The van der Waals surface area contributed by atoms with Crippen molar-refractivity contribution < 1.29 is 4.79 Å². The molecular formula is C22H15BrN4O2. The Kier molecular flexibility index (Phi) is 5.39. The summed E-state index contributed by atoms with van der Waals surface area (Å²) in [6.45, 7) is 0. The molecule has 6 nitrogen and oxygen atoms in total. The molecule has 1 aromatic heterocycles. The van der Waals surface area contributed by atoms with Gasteiger partial charge in [0, 0.05) is 10.0 Å². The van der Waals surface area contributed by atoms with E-state index in [4.69, 9.17) is 0 Å². The van der Waals surface area contributed by atoms with Gasteiger partial charge < -0.3 is 4.98 Å². The Labute approximate surface area is 174 Å². The molecule has 0 radical (unpaired) electrons. The van der Waals surface area contributed by atoms with Crippen molar-refractivity contribution in [2.75, 3.05) is 0 Å². The predicted molar refractivity (Wildman–Crippen MR) is 115 cm³/mol. The molecule has 3 aromatic carbocycles. The molecule has 0 aliphatic heterocycles. The maximum Gasteiger partial charge on any atom is 0.272 e. The van der Waals surface area contributed by atoms with Crippen LogP contribution in [0.15, 0.2) is 98.4 Å². The second kappa shape index (κ2) is 8.28. The van der Waals surface area contributed by atoms with Gasteiger partial charge in [0.2, 0.25) is 0 Å². The number of H-pyrrole nitrogens is 1. The minimum absolute atomic E-state index is 0.0105.